The van der Waals surface area contributed by atoms with Crippen LogP contribution >= 0.6 is 11.3 Å². The Labute approximate surface area is 164 Å². The van der Waals surface area contributed by atoms with Crippen molar-refractivity contribution in [2.24, 2.45) is 0 Å². The molecule has 1 aliphatic rings. The summed E-state index contributed by atoms with van der Waals surface area (Å²) in [5.74, 6) is 0.290. The van der Waals surface area contributed by atoms with Crippen LogP contribution in [-0.2, 0) is 17.8 Å². The summed E-state index contributed by atoms with van der Waals surface area (Å²) in [6, 6.07) is 8.21. The highest BCUT2D eigenvalue weighted by Gasteiger charge is 2.48. The number of imide groups is 1. The van der Waals surface area contributed by atoms with Gasteiger partial charge in [0.05, 0.1) is 19.3 Å². The topological polar surface area (TPSA) is 93.0 Å². The van der Waals surface area contributed by atoms with Crippen molar-refractivity contribution in [3.05, 3.63) is 63.5 Å². The second-order valence-electron chi connectivity index (χ2n) is 6.78. The summed E-state index contributed by atoms with van der Waals surface area (Å²) in [7, 11) is 1.56. The number of hydrogen-bond donors (Lipinski definition) is 1. The van der Waals surface area contributed by atoms with Gasteiger partial charge >= 0.3 is 6.03 Å². The van der Waals surface area contributed by atoms with Crippen molar-refractivity contribution in [1.29, 1.82) is 0 Å². The number of methoxy groups -OCH3 is 1. The molecule has 144 valence electrons. The lowest BCUT2D eigenvalue weighted by molar-refractivity contribution is -0.131. The van der Waals surface area contributed by atoms with Gasteiger partial charge in [0.2, 0.25) is 0 Å². The van der Waals surface area contributed by atoms with Crippen LogP contribution in [0.2, 0.25) is 0 Å². The molecule has 3 heterocycles. The van der Waals surface area contributed by atoms with Crippen LogP contribution in [0.5, 0.6) is 5.75 Å². The van der Waals surface area contributed by atoms with Gasteiger partial charge in [0.15, 0.2) is 4.96 Å². The molecule has 1 saturated heterocycles. The second-order valence-corrected chi connectivity index (χ2v) is 7.66. The number of hydrogen-bond acceptors (Lipinski definition) is 6. The summed E-state index contributed by atoms with van der Waals surface area (Å²) in [5, 5.41) is 4.53. The summed E-state index contributed by atoms with van der Waals surface area (Å²) in [4.78, 5) is 43.7. The summed E-state index contributed by atoms with van der Waals surface area (Å²) in [6.07, 6.45) is 1.93. The van der Waals surface area contributed by atoms with Gasteiger partial charge < -0.3 is 10.1 Å². The molecular formula is C19H18N4O4S. The van der Waals surface area contributed by atoms with Crippen molar-refractivity contribution in [3.63, 3.8) is 0 Å². The number of nitrogens with one attached hydrogen (secondary N) is 1. The van der Waals surface area contributed by atoms with Crippen LogP contribution in [0.3, 0.4) is 0 Å². The van der Waals surface area contributed by atoms with Gasteiger partial charge in [0.25, 0.3) is 11.5 Å². The Morgan fingerprint density at radius 1 is 1.25 bits per heavy atom. The number of ether oxygens (including phenoxy) is 1. The lowest BCUT2D eigenvalue weighted by Gasteiger charge is -2.22. The van der Waals surface area contributed by atoms with Crippen LogP contribution in [0, 0.1) is 0 Å². The van der Waals surface area contributed by atoms with E-state index in [0.29, 0.717) is 16.4 Å². The molecule has 0 unspecified atom stereocenters. The molecule has 0 saturated carbocycles. The van der Waals surface area contributed by atoms with E-state index >= 15 is 0 Å². The lowest BCUT2D eigenvalue weighted by Crippen LogP contribution is -2.46. The number of para-hydroxylation sites is 1. The molecule has 1 aromatic carbocycles. The molecule has 1 fully saturated rings. The number of urea groups is 1. The number of aromatic nitrogens is 2. The van der Waals surface area contributed by atoms with E-state index in [1.807, 2.05) is 24.3 Å². The van der Waals surface area contributed by atoms with Gasteiger partial charge in [-0.1, -0.05) is 18.2 Å². The van der Waals surface area contributed by atoms with Crippen molar-refractivity contribution < 1.29 is 14.3 Å². The Morgan fingerprint density at radius 3 is 2.82 bits per heavy atom. The van der Waals surface area contributed by atoms with E-state index in [2.05, 4.69) is 10.3 Å². The molecule has 0 radical (unpaired) electrons. The molecule has 8 nitrogen and oxygen atoms in total. The predicted octanol–water partition coefficient (Wildman–Crippen LogP) is 1.82. The van der Waals surface area contributed by atoms with Crippen LogP contribution in [0.1, 0.15) is 18.2 Å². The molecule has 0 bridgehead atoms. The molecule has 3 aromatic rings. The fraction of sp³-hybridized carbons (Fsp3) is 0.263. The molecule has 28 heavy (non-hydrogen) atoms. The van der Waals surface area contributed by atoms with E-state index in [1.165, 1.54) is 21.8 Å². The maximum Gasteiger partial charge on any atom is 0.325 e. The van der Waals surface area contributed by atoms with Gasteiger partial charge in [-0.3, -0.25) is 18.9 Å². The van der Waals surface area contributed by atoms with Crippen molar-refractivity contribution >= 4 is 28.2 Å². The number of carbonyl (C=O) groups excluding carboxylic acids is 2. The largest absolute Gasteiger partial charge is 0.496 e. The van der Waals surface area contributed by atoms with E-state index in [-0.39, 0.29) is 24.4 Å². The molecule has 1 N–H and O–H groups in total. The van der Waals surface area contributed by atoms with Crippen molar-refractivity contribution in [2.45, 2.75) is 25.4 Å². The van der Waals surface area contributed by atoms with E-state index in [1.54, 1.807) is 25.6 Å². The first kappa shape index (κ1) is 18.2. The Hall–Kier alpha value is -3.20. The summed E-state index contributed by atoms with van der Waals surface area (Å²) >= 11 is 1.31. The second kappa shape index (κ2) is 6.75. The van der Waals surface area contributed by atoms with Gasteiger partial charge in [0.1, 0.15) is 11.3 Å². The van der Waals surface area contributed by atoms with E-state index in [9.17, 15) is 14.4 Å². The summed E-state index contributed by atoms with van der Waals surface area (Å²) < 4.78 is 6.77. The lowest BCUT2D eigenvalue weighted by atomic mass is 9.92. The minimum atomic E-state index is -1.10. The van der Waals surface area contributed by atoms with E-state index < -0.39 is 11.6 Å². The standard InChI is InChI=1S/C19H18N4O4S/c1-19(10-12-5-3-4-6-14(12)27-2)16(25)23(17(26)21-19)11-13-9-15(24)22-7-8-28-18(22)20-13/h3-9H,10-11H2,1-2H3,(H,21,26)/t19-/m0/s1. The Bertz CT molecular complexity index is 1140. The molecule has 0 aliphatic carbocycles. The van der Waals surface area contributed by atoms with Gasteiger partial charge in [-0.15, -0.1) is 11.3 Å². The third-order valence-electron chi connectivity index (χ3n) is 4.76. The molecule has 9 heteroatoms. The molecule has 4 rings (SSSR count). The van der Waals surface area contributed by atoms with Gasteiger partial charge in [-0.05, 0) is 18.6 Å². The van der Waals surface area contributed by atoms with Crippen LogP contribution < -0.4 is 15.6 Å². The number of nitrogens with zero attached hydrogens (tertiary/aromatic N) is 3. The highest BCUT2D eigenvalue weighted by molar-refractivity contribution is 7.15. The zero-order valence-electron chi connectivity index (χ0n) is 15.3. The third-order valence-corrected chi connectivity index (χ3v) is 5.51. The molecule has 1 aliphatic heterocycles. The maximum atomic E-state index is 13.0. The van der Waals surface area contributed by atoms with Crippen LogP contribution in [-0.4, -0.2) is 38.9 Å². The molecule has 1 atom stereocenters. The molecule has 2 aromatic heterocycles. The van der Waals surface area contributed by atoms with E-state index in [4.69, 9.17) is 4.74 Å². The average Bonchev–Trinajstić information content (AvgIpc) is 3.21. The average molecular weight is 398 g/mol. The van der Waals surface area contributed by atoms with Crippen molar-refractivity contribution in [1.82, 2.24) is 19.6 Å². The third kappa shape index (κ3) is 3.03. The fourth-order valence-corrected chi connectivity index (χ4v) is 4.11. The van der Waals surface area contributed by atoms with Crippen molar-refractivity contribution in [3.8, 4) is 5.75 Å². The minimum absolute atomic E-state index is 0.0597. The first-order chi connectivity index (χ1) is 13.4. The number of thiazole rings is 1. The number of rotatable bonds is 5. The van der Waals surface area contributed by atoms with Crippen LogP contribution in [0.15, 0.2) is 46.7 Å². The number of amides is 3. The quantitative estimate of drug-likeness (QED) is 0.662. The summed E-state index contributed by atoms with van der Waals surface area (Å²) in [5.41, 5.74) is -0.157. The van der Waals surface area contributed by atoms with Crippen LogP contribution in [0.25, 0.3) is 4.96 Å². The molecule has 3 amide bonds. The fourth-order valence-electron chi connectivity index (χ4n) is 3.37. The number of fused-ring (bicyclic) bond motifs is 1. The van der Waals surface area contributed by atoms with Crippen LogP contribution in [0.4, 0.5) is 4.79 Å². The molecular weight excluding hydrogens is 380 g/mol. The minimum Gasteiger partial charge on any atom is -0.496 e. The smallest absolute Gasteiger partial charge is 0.325 e. The number of carbonyl (C=O) groups is 2. The first-order valence-corrected chi connectivity index (χ1v) is 9.51. The predicted molar refractivity (Wildman–Crippen MR) is 104 cm³/mol. The monoisotopic (exact) mass is 398 g/mol. The SMILES string of the molecule is COc1ccccc1C[C@]1(C)NC(=O)N(Cc2cc(=O)n3ccsc3n2)C1=O. The Balaban J connectivity index is 1.60. The Morgan fingerprint density at radius 2 is 2.04 bits per heavy atom. The highest BCUT2D eigenvalue weighted by Crippen LogP contribution is 2.28. The molecule has 0 spiro atoms. The van der Waals surface area contributed by atoms with Gasteiger partial charge in [-0.25, -0.2) is 9.78 Å². The maximum absolute atomic E-state index is 13.0. The Kier molecular flexibility index (Phi) is 4.38. The van der Waals surface area contributed by atoms with Gasteiger partial charge in [0, 0.05) is 24.1 Å². The normalized spacial score (nSPS) is 19.3. The highest BCUT2D eigenvalue weighted by atomic mass is 32.1. The zero-order valence-corrected chi connectivity index (χ0v) is 16.2. The summed E-state index contributed by atoms with van der Waals surface area (Å²) in [6.45, 7) is 1.63. The zero-order chi connectivity index (χ0) is 19.9. The van der Waals surface area contributed by atoms with Crippen molar-refractivity contribution in [2.75, 3.05) is 7.11 Å². The first-order valence-electron chi connectivity index (χ1n) is 8.63. The van der Waals surface area contributed by atoms with Gasteiger partial charge in [-0.2, -0.15) is 0 Å². The number of benzene rings is 1. The van der Waals surface area contributed by atoms with E-state index in [0.717, 1.165) is 10.5 Å².